The molecule has 146 valence electrons. The Kier molecular flexibility index (Phi) is 4.88. The van der Waals surface area contributed by atoms with Gasteiger partial charge < -0.3 is 4.52 Å². The van der Waals surface area contributed by atoms with Crippen molar-refractivity contribution in [1.82, 2.24) is 15.5 Å². The van der Waals surface area contributed by atoms with Crippen molar-refractivity contribution in [2.75, 3.05) is 5.43 Å². The maximum absolute atomic E-state index is 12.1. The second kappa shape index (κ2) is 7.81. The smallest absolute Gasteiger partial charge is 0.278 e. The lowest BCUT2D eigenvalue weighted by atomic mass is 10.0. The van der Waals surface area contributed by atoms with Gasteiger partial charge in [-0.1, -0.05) is 47.6 Å². The van der Waals surface area contributed by atoms with Crippen LogP contribution in [0.1, 0.15) is 6.92 Å². The molecule has 0 saturated carbocycles. The molecule has 30 heavy (non-hydrogen) atoms. The summed E-state index contributed by atoms with van der Waals surface area (Å²) in [5.74, 6) is -0.719. The fourth-order valence-electron chi connectivity index (χ4n) is 2.87. The van der Waals surface area contributed by atoms with Crippen molar-refractivity contribution in [2.45, 2.75) is 6.92 Å². The molecule has 0 fully saturated rings. The third-order valence-electron chi connectivity index (χ3n) is 4.41. The van der Waals surface area contributed by atoms with Crippen LogP contribution in [0.5, 0.6) is 0 Å². The molecule has 1 aliphatic heterocycles. The number of aromatic nitrogens is 2. The number of nitrogens with one attached hydrogen (secondary N) is 2. The van der Waals surface area contributed by atoms with Crippen molar-refractivity contribution in [3.63, 3.8) is 0 Å². The van der Waals surface area contributed by atoms with Gasteiger partial charge in [-0.05, 0) is 19.1 Å². The van der Waals surface area contributed by atoms with Gasteiger partial charge in [0, 0.05) is 11.1 Å². The van der Waals surface area contributed by atoms with Crippen LogP contribution >= 0.6 is 0 Å². The highest BCUT2D eigenvalue weighted by molar-refractivity contribution is 6.51. The van der Waals surface area contributed by atoms with Crippen LogP contribution in [0, 0.1) is 11.3 Å². The van der Waals surface area contributed by atoms with Gasteiger partial charge in [0.05, 0.1) is 11.3 Å². The standard InChI is InChI=1S/C21H14N6O3/c1-12-15(11-22)19(28)24-20(29)17(12)26-25-16-10-6-5-9-14(16)21-23-18(27-30-21)13-7-3-2-4-8-13/h2-10,25H,1H3,(H,24,28,29)/b26-17+. The number of carbonyl (C=O) groups is 2. The van der Waals surface area contributed by atoms with E-state index in [0.29, 0.717) is 17.1 Å². The monoisotopic (exact) mass is 398 g/mol. The van der Waals surface area contributed by atoms with E-state index in [-0.39, 0.29) is 22.7 Å². The van der Waals surface area contributed by atoms with Gasteiger partial charge in [-0.2, -0.15) is 15.3 Å². The molecule has 0 spiro atoms. The third-order valence-corrected chi connectivity index (χ3v) is 4.41. The summed E-state index contributed by atoms with van der Waals surface area (Å²) in [6.07, 6.45) is 0. The summed E-state index contributed by atoms with van der Waals surface area (Å²) in [5, 5.41) is 19.3. The summed E-state index contributed by atoms with van der Waals surface area (Å²) in [6.45, 7) is 1.49. The van der Waals surface area contributed by atoms with E-state index in [2.05, 4.69) is 26.0 Å². The molecule has 0 unspecified atom stereocenters. The maximum Gasteiger partial charge on any atom is 0.278 e. The number of carbonyl (C=O) groups excluding carboxylic acids is 2. The molecule has 2 amide bonds. The van der Waals surface area contributed by atoms with Crippen molar-refractivity contribution in [3.05, 3.63) is 65.7 Å². The molecule has 0 radical (unpaired) electrons. The van der Waals surface area contributed by atoms with E-state index >= 15 is 0 Å². The molecule has 2 heterocycles. The van der Waals surface area contributed by atoms with Gasteiger partial charge in [0.2, 0.25) is 5.82 Å². The molecule has 2 aromatic carbocycles. The number of nitrogens with zero attached hydrogens (tertiary/aromatic N) is 4. The van der Waals surface area contributed by atoms with Gasteiger partial charge in [-0.15, -0.1) is 0 Å². The number of benzene rings is 2. The molecular weight excluding hydrogens is 384 g/mol. The summed E-state index contributed by atoms with van der Waals surface area (Å²) in [5.41, 5.74) is 4.66. The van der Waals surface area contributed by atoms with Gasteiger partial charge in [-0.25, -0.2) is 0 Å². The molecule has 1 aliphatic rings. The highest BCUT2D eigenvalue weighted by atomic mass is 16.5. The molecule has 1 aromatic heterocycles. The molecule has 9 nitrogen and oxygen atoms in total. The van der Waals surface area contributed by atoms with Gasteiger partial charge in [-0.3, -0.25) is 20.3 Å². The van der Waals surface area contributed by atoms with E-state index in [0.717, 1.165) is 5.56 Å². The van der Waals surface area contributed by atoms with Gasteiger partial charge in [0.1, 0.15) is 11.6 Å². The Balaban J connectivity index is 1.67. The number of hydrazone groups is 1. The zero-order valence-corrected chi connectivity index (χ0v) is 15.7. The third kappa shape index (κ3) is 3.45. The molecule has 3 aromatic rings. The average Bonchev–Trinajstić information content (AvgIpc) is 3.25. The molecule has 9 heteroatoms. The van der Waals surface area contributed by atoms with Crippen molar-refractivity contribution in [2.24, 2.45) is 5.10 Å². The quantitative estimate of drug-likeness (QED) is 0.510. The lowest BCUT2D eigenvalue weighted by Crippen LogP contribution is -2.42. The van der Waals surface area contributed by atoms with Crippen LogP contribution in [0.4, 0.5) is 5.69 Å². The zero-order chi connectivity index (χ0) is 21.1. The van der Waals surface area contributed by atoms with E-state index in [1.165, 1.54) is 6.92 Å². The van der Waals surface area contributed by atoms with Crippen molar-refractivity contribution >= 4 is 23.2 Å². The molecule has 2 N–H and O–H groups in total. The Morgan fingerprint density at radius 1 is 1.07 bits per heavy atom. The SMILES string of the molecule is CC1=C(C#N)C(=O)NC(=O)/C1=N/Nc1ccccc1-c1nc(-c2ccccc2)no1. The predicted molar refractivity (Wildman–Crippen MR) is 108 cm³/mol. The summed E-state index contributed by atoms with van der Waals surface area (Å²) in [6, 6.07) is 18.2. The Labute approximate surface area is 170 Å². The number of rotatable bonds is 4. The topological polar surface area (TPSA) is 133 Å². The Hall–Kier alpha value is -4.58. The Morgan fingerprint density at radius 3 is 2.57 bits per heavy atom. The number of hydrogen-bond donors (Lipinski definition) is 2. The second-order valence-electron chi connectivity index (χ2n) is 6.30. The highest BCUT2D eigenvalue weighted by Gasteiger charge is 2.29. The lowest BCUT2D eigenvalue weighted by molar-refractivity contribution is -0.125. The summed E-state index contributed by atoms with van der Waals surface area (Å²) in [4.78, 5) is 28.3. The molecule has 0 atom stereocenters. The van der Waals surface area contributed by atoms with Crippen molar-refractivity contribution in [3.8, 4) is 28.9 Å². The second-order valence-corrected chi connectivity index (χ2v) is 6.30. The summed E-state index contributed by atoms with van der Waals surface area (Å²) < 4.78 is 5.40. The van der Waals surface area contributed by atoms with Crippen molar-refractivity contribution < 1.29 is 14.1 Å². The molecule has 0 aliphatic carbocycles. The van der Waals surface area contributed by atoms with Crippen LogP contribution in [0.25, 0.3) is 22.8 Å². The minimum Gasteiger partial charge on any atom is -0.334 e. The van der Waals surface area contributed by atoms with Gasteiger partial charge >= 0.3 is 0 Å². The Morgan fingerprint density at radius 2 is 1.80 bits per heavy atom. The molecular formula is C21H14N6O3. The van der Waals surface area contributed by atoms with Crippen LogP contribution in [0.2, 0.25) is 0 Å². The Bertz CT molecular complexity index is 1250. The van der Waals surface area contributed by atoms with Crippen LogP contribution in [0.15, 0.2) is 75.4 Å². The first-order chi connectivity index (χ1) is 14.6. The number of imide groups is 1. The number of nitriles is 1. The number of anilines is 1. The first-order valence-electron chi connectivity index (χ1n) is 8.87. The number of hydrogen-bond acceptors (Lipinski definition) is 8. The van der Waals surface area contributed by atoms with Crippen LogP contribution < -0.4 is 10.7 Å². The van der Waals surface area contributed by atoms with E-state index < -0.39 is 11.8 Å². The highest BCUT2D eigenvalue weighted by Crippen LogP contribution is 2.28. The summed E-state index contributed by atoms with van der Waals surface area (Å²) in [7, 11) is 0. The van der Waals surface area contributed by atoms with Gasteiger partial charge in [0.25, 0.3) is 17.7 Å². The van der Waals surface area contributed by atoms with Crippen LogP contribution in [-0.4, -0.2) is 27.7 Å². The molecule has 0 bridgehead atoms. The van der Waals surface area contributed by atoms with Crippen LogP contribution in [-0.2, 0) is 9.59 Å². The summed E-state index contributed by atoms with van der Waals surface area (Å²) >= 11 is 0. The van der Waals surface area contributed by atoms with E-state index in [1.807, 2.05) is 30.3 Å². The minimum atomic E-state index is -0.737. The predicted octanol–water partition coefficient (Wildman–Crippen LogP) is 2.67. The molecule has 4 rings (SSSR count). The first kappa shape index (κ1) is 18.8. The minimum absolute atomic E-state index is 0.0588. The number of para-hydroxylation sites is 1. The lowest BCUT2D eigenvalue weighted by Gasteiger charge is -2.15. The largest absolute Gasteiger partial charge is 0.334 e. The average molecular weight is 398 g/mol. The maximum atomic E-state index is 12.1. The fourth-order valence-corrected chi connectivity index (χ4v) is 2.87. The van der Waals surface area contributed by atoms with Crippen molar-refractivity contribution in [1.29, 1.82) is 5.26 Å². The van der Waals surface area contributed by atoms with E-state index in [4.69, 9.17) is 9.78 Å². The molecule has 0 saturated heterocycles. The number of amides is 2. The van der Waals surface area contributed by atoms with Crippen LogP contribution in [0.3, 0.4) is 0 Å². The van der Waals surface area contributed by atoms with E-state index in [9.17, 15) is 9.59 Å². The van der Waals surface area contributed by atoms with Gasteiger partial charge in [0.15, 0.2) is 5.71 Å². The first-order valence-corrected chi connectivity index (χ1v) is 8.87. The fraction of sp³-hybridized carbons (Fsp3) is 0.0476. The normalized spacial score (nSPS) is 15.1. The van der Waals surface area contributed by atoms with E-state index in [1.54, 1.807) is 30.3 Å². The zero-order valence-electron chi connectivity index (χ0n) is 15.7.